The Hall–Kier alpha value is 0.860. The number of carbonyl (C=O) groups excluding carboxylic acids is 1. The number of hydrogen-bond acceptors (Lipinski definition) is 1. The van der Waals surface area contributed by atoms with Crippen molar-refractivity contribution in [3.05, 3.63) is 0 Å². The molecule has 0 aliphatic heterocycles. The molecule has 0 saturated heterocycles. The number of carbonyl (C=O) groups is 1. The minimum atomic E-state index is -1.37. The molecule has 0 spiro atoms. The van der Waals surface area contributed by atoms with Gasteiger partial charge < -0.3 is 4.90 Å². The molecular weight excluding hydrogens is 387 g/mol. The molecule has 0 bridgehead atoms. The van der Waals surface area contributed by atoms with E-state index in [-0.39, 0.29) is 18.4 Å². The SMILES string of the molecule is CC(C)C(=O)N(C)CC(F)(I)I. The van der Waals surface area contributed by atoms with Gasteiger partial charge in [0.1, 0.15) is 0 Å². The highest BCUT2D eigenvalue weighted by atomic mass is 127. The molecule has 0 radical (unpaired) electrons. The number of halogens is 3. The topological polar surface area (TPSA) is 20.3 Å². The molecule has 0 heterocycles. The highest BCUT2D eigenvalue weighted by Crippen LogP contribution is 2.29. The van der Waals surface area contributed by atoms with Crippen molar-refractivity contribution in [1.82, 2.24) is 4.90 Å². The van der Waals surface area contributed by atoms with Crippen LogP contribution in [0.25, 0.3) is 0 Å². The van der Waals surface area contributed by atoms with E-state index in [1.165, 1.54) is 4.90 Å². The third-order valence-electron chi connectivity index (χ3n) is 1.29. The first-order valence-electron chi connectivity index (χ1n) is 3.56. The van der Waals surface area contributed by atoms with Crippen LogP contribution in [0, 0.1) is 5.92 Å². The van der Waals surface area contributed by atoms with Crippen LogP contribution in [0.5, 0.6) is 0 Å². The summed E-state index contributed by atoms with van der Waals surface area (Å²) in [5, 5.41) is 0. The fraction of sp³-hybridized carbons (Fsp3) is 0.857. The molecule has 0 aliphatic rings. The molecule has 0 aromatic rings. The minimum Gasteiger partial charge on any atom is -0.341 e. The summed E-state index contributed by atoms with van der Waals surface area (Å²) in [4.78, 5) is 12.7. The molecule has 0 N–H and O–H groups in total. The second-order valence-corrected chi connectivity index (χ2v) is 8.45. The maximum atomic E-state index is 13.0. The fourth-order valence-corrected chi connectivity index (χ4v) is 1.81. The Morgan fingerprint density at radius 1 is 1.58 bits per heavy atom. The van der Waals surface area contributed by atoms with Crippen LogP contribution >= 0.6 is 45.2 Å². The first kappa shape index (κ1) is 12.9. The molecule has 0 aromatic heterocycles. The molecule has 0 saturated carbocycles. The zero-order valence-electron chi connectivity index (χ0n) is 7.27. The van der Waals surface area contributed by atoms with Gasteiger partial charge >= 0.3 is 0 Å². The highest BCUT2D eigenvalue weighted by Gasteiger charge is 2.25. The standard InChI is InChI=1S/C7H12FI2NO/c1-5(2)6(12)11(3)4-7(8,9)10/h5H,4H2,1-3H3. The molecule has 2 nitrogen and oxygen atoms in total. The quantitative estimate of drug-likeness (QED) is 0.528. The van der Waals surface area contributed by atoms with Crippen molar-refractivity contribution in [3.63, 3.8) is 0 Å². The lowest BCUT2D eigenvalue weighted by molar-refractivity contribution is -0.133. The zero-order chi connectivity index (χ0) is 9.94. The van der Waals surface area contributed by atoms with Crippen molar-refractivity contribution >= 4 is 51.1 Å². The number of amides is 1. The van der Waals surface area contributed by atoms with Gasteiger partial charge in [-0.15, -0.1) is 0 Å². The van der Waals surface area contributed by atoms with Crippen LogP contribution < -0.4 is 0 Å². The van der Waals surface area contributed by atoms with E-state index in [4.69, 9.17) is 0 Å². The van der Waals surface area contributed by atoms with Gasteiger partial charge in [0.05, 0.1) is 6.54 Å². The van der Waals surface area contributed by atoms with Gasteiger partial charge in [-0.1, -0.05) is 13.8 Å². The predicted octanol–water partition coefficient (Wildman–Crippen LogP) is 2.59. The van der Waals surface area contributed by atoms with Crippen LogP contribution in [0.3, 0.4) is 0 Å². The predicted molar refractivity (Wildman–Crippen MR) is 64.4 cm³/mol. The van der Waals surface area contributed by atoms with Gasteiger partial charge in [-0.05, 0) is 45.2 Å². The molecule has 1 amide bonds. The van der Waals surface area contributed by atoms with E-state index in [0.29, 0.717) is 0 Å². The maximum Gasteiger partial charge on any atom is 0.227 e. The Balaban J connectivity index is 4.05. The van der Waals surface area contributed by atoms with E-state index in [9.17, 15) is 9.18 Å². The molecule has 72 valence electrons. The summed E-state index contributed by atoms with van der Waals surface area (Å²) in [5.74, 6) is -0.0875. The molecular formula is C7H12FI2NO. The average Bonchev–Trinajstić information content (AvgIpc) is 1.82. The summed E-state index contributed by atoms with van der Waals surface area (Å²) < 4.78 is 11.7. The summed E-state index contributed by atoms with van der Waals surface area (Å²) in [5.41, 5.74) is 0. The Morgan fingerprint density at radius 2 is 2.00 bits per heavy atom. The lowest BCUT2D eigenvalue weighted by Gasteiger charge is -2.22. The van der Waals surface area contributed by atoms with Crippen molar-refractivity contribution in [2.45, 2.75) is 15.5 Å². The minimum absolute atomic E-state index is 0.0228. The fourth-order valence-electron chi connectivity index (χ4n) is 0.788. The summed E-state index contributed by atoms with van der Waals surface area (Å²) >= 11 is 3.35. The van der Waals surface area contributed by atoms with Gasteiger partial charge in [-0.3, -0.25) is 4.79 Å². The number of rotatable bonds is 3. The summed E-state index contributed by atoms with van der Waals surface area (Å²) in [6.45, 7) is 3.74. The van der Waals surface area contributed by atoms with Crippen LogP contribution in [-0.4, -0.2) is 26.1 Å². The number of alkyl halides is 3. The second-order valence-electron chi connectivity index (χ2n) is 2.96. The van der Waals surface area contributed by atoms with Gasteiger partial charge in [-0.25, -0.2) is 4.39 Å². The first-order valence-corrected chi connectivity index (χ1v) is 5.71. The lowest BCUT2D eigenvalue weighted by atomic mass is 10.2. The lowest BCUT2D eigenvalue weighted by Crippen LogP contribution is -2.36. The van der Waals surface area contributed by atoms with Crippen molar-refractivity contribution in [2.24, 2.45) is 5.92 Å². The first-order chi connectivity index (χ1) is 5.24. The summed E-state index contributed by atoms with van der Waals surface area (Å²) in [7, 11) is 1.62. The van der Waals surface area contributed by atoms with Gasteiger partial charge in [0.15, 0.2) is 0 Å². The van der Waals surface area contributed by atoms with Gasteiger partial charge in [0.2, 0.25) is 7.59 Å². The summed E-state index contributed by atoms with van der Waals surface area (Å²) in [6.07, 6.45) is 0. The normalized spacial score (nSPS) is 11.9. The van der Waals surface area contributed by atoms with Gasteiger partial charge in [0.25, 0.3) is 0 Å². The van der Waals surface area contributed by atoms with E-state index in [1.807, 2.05) is 0 Å². The number of hydrogen-bond donors (Lipinski definition) is 0. The van der Waals surface area contributed by atoms with Crippen LogP contribution in [0.1, 0.15) is 13.8 Å². The molecule has 0 aliphatic carbocycles. The average molecular weight is 399 g/mol. The van der Waals surface area contributed by atoms with Crippen LogP contribution in [0.15, 0.2) is 0 Å². The van der Waals surface area contributed by atoms with Crippen LogP contribution in [-0.2, 0) is 4.79 Å². The van der Waals surface area contributed by atoms with E-state index in [2.05, 4.69) is 0 Å². The Labute approximate surface area is 99.5 Å². The Bertz CT molecular complexity index is 167. The Kier molecular flexibility index (Phi) is 5.27. The smallest absolute Gasteiger partial charge is 0.227 e. The Morgan fingerprint density at radius 3 is 2.25 bits per heavy atom. The van der Waals surface area contributed by atoms with E-state index < -0.39 is 1.68 Å². The molecule has 0 unspecified atom stereocenters. The number of nitrogens with zero attached hydrogens (tertiary/aromatic N) is 1. The van der Waals surface area contributed by atoms with Crippen molar-refractivity contribution < 1.29 is 9.18 Å². The maximum absolute atomic E-state index is 13.0. The van der Waals surface area contributed by atoms with E-state index in [0.717, 1.165) is 0 Å². The molecule has 0 rings (SSSR count). The van der Waals surface area contributed by atoms with E-state index >= 15 is 0 Å². The summed E-state index contributed by atoms with van der Waals surface area (Å²) in [6, 6.07) is 0. The van der Waals surface area contributed by atoms with Crippen molar-refractivity contribution in [1.29, 1.82) is 0 Å². The van der Waals surface area contributed by atoms with Crippen LogP contribution in [0.4, 0.5) is 4.39 Å². The molecule has 0 aromatic carbocycles. The molecule has 12 heavy (non-hydrogen) atoms. The van der Waals surface area contributed by atoms with E-state index in [1.54, 1.807) is 66.1 Å². The third kappa shape index (κ3) is 5.50. The third-order valence-corrected chi connectivity index (χ3v) is 1.97. The van der Waals surface area contributed by atoms with Crippen molar-refractivity contribution in [2.75, 3.05) is 13.6 Å². The zero-order valence-corrected chi connectivity index (χ0v) is 11.6. The van der Waals surface area contributed by atoms with Gasteiger partial charge in [0, 0.05) is 13.0 Å². The molecule has 0 fully saturated rings. The molecule has 0 atom stereocenters. The largest absolute Gasteiger partial charge is 0.341 e. The monoisotopic (exact) mass is 399 g/mol. The molecule has 5 heteroatoms. The highest BCUT2D eigenvalue weighted by molar-refractivity contribution is 14.2. The van der Waals surface area contributed by atoms with Gasteiger partial charge in [-0.2, -0.15) is 0 Å². The van der Waals surface area contributed by atoms with Crippen molar-refractivity contribution in [3.8, 4) is 0 Å². The second kappa shape index (κ2) is 4.92. The van der Waals surface area contributed by atoms with Crippen LogP contribution in [0.2, 0.25) is 0 Å².